The van der Waals surface area contributed by atoms with Gasteiger partial charge in [-0.2, -0.15) is 0 Å². The number of hydrogen-bond donors (Lipinski definition) is 3. The number of nitrogens with one attached hydrogen (secondary N) is 1. The minimum absolute atomic E-state index is 0.0933. The number of oxime groups is 1. The van der Waals surface area contributed by atoms with Gasteiger partial charge in [-0.3, -0.25) is 4.79 Å². The van der Waals surface area contributed by atoms with Gasteiger partial charge >= 0.3 is 0 Å². The van der Waals surface area contributed by atoms with Crippen LogP contribution in [0.4, 0.5) is 0 Å². The van der Waals surface area contributed by atoms with Crippen molar-refractivity contribution in [3.8, 4) is 0 Å². The summed E-state index contributed by atoms with van der Waals surface area (Å²) >= 11 is 0. The molecule has 1 aliphatic rings. The molecule has 0 heterocycles. The van der Waals surface area contributed by atoms with E-state index in [-0.39, 0.29) is 18.2 Å². The van der Waals surface area contributed by atoms with Crippen molar-refractivity contribution in [2.24, 2.45) is 10.9 Å². The minimum Gasteiger partial charge on any atom is -0.409 e. The summed E-state index contributed by atoms with van der Waals surface area (Å²) in [6.07, 6.45) is 3.68. The van der Waals surface area contributed by atoms with Gasteiger partial charge in [0.25, 0.3) is 0 Å². The molecule has 0 spiro atoms. The molecule has 0 aliphatic heterocycles. The van der Waals surface area contributed by atoms with Gasteiger partial charge in [0.05, 0.1) is 6.61 Å². The van der Waals surface area contributed by atoms with Gasteiger partial charge in [-0.15, -0.1) is 0 Å². The molecule has 1 amide bonds. The lowest BCUT2D eigenvalue weighted by Crippen LogP contribution is -2.55. The van der Waals surface area contributed by atoms with Crippen molar-refractivity contribution >= 4 is 11.7 Å². The quantitative estimate of drug-likeness (QED) is 0.271. The molecule has 92 valence electrons. The van der Waals surface area contributed by atoms with Crippen LogP contribution >= 0.6 is 0 Å². The summed E-state index contributed by atoms with van der Waals surface area (Å²) in [5.74, 6) is -0.0360. The van der Waals surface area contributed by atoms with Crippen molar-refractivity contribution in [3.05, 3.63) is 0 Å². The zero-order chi connectivity index (χ0) is 12.0. The Morgan fingerprint density at radius 3 is 2.69 bits per heavy atom. The van der Waals surface area contributed by atoms with E-state index in [1.54, 1.807) is 7.11 Å². The van der Waals surface area contributed by atoms with Crippen LogP contribution in [0.5, 0.6) is 0 Å². The van der Waals surface area contributed by atoms with E-state index in [1.165, 1.54) is 0 Å². The second-order valence-corrected chi connectivity index (χ2v) is 4.07. The normalized spacial score (nSPS) is 19.7. The number of ether oxygens (including phenoxy) is 1. The van der Waals surface area contributed by atoms with Crippen LogP contribution in [-0.4, -0.2) is 36.2 Å². The molecule has 0 radical (unpaired) electrons. The highest BCUT2D eigenvalue weighted by Gasteiger charge is 2.39. The Morgan fingerprint density at radius 1 is 1.56 bits per heavy atom. The molecule has 4 N–H and O–H groups in total. The topological polar surface area (TPSA) is 96.9 Å². The molecule has 0 aromatic carbocycles. The van der Waals surface area contributed by atoms with Crippen LogP contribution in [0.2, 0.25) is 0 Å². The molecule has 6 nitrogen and oxygen atoms in total. The summed E-state index contributed by atoms with van der Waals surface area (Å²) in [6.45, 7) is 0.373. The molecule has 1 aliphatic carbocycles. The number of nitrogens with two attached hydrogens (primary N) is 1. The van der Waals surface area contributed by atoms with Crippen LogP contribution < -0.4 is 11.1 Å². The van der Waals surface area contributed by atoms with E-state index in [2.05, 4.69) is 10.5 Å². The summed E-state index contributed by atoms with van der Waals surface area (Å²) in [6, 6.07) is 0. The lowest BCUT2D eigenvalue weighted by molar-refractivity contribution is -0.123. The van der Waals surface area contributed by atoms with Gasteiger partial charge in [-0.05, 0) is 12.8 Å². The number of amidine groups is 1. The Balaban J connectivity index is 2.61. The number of amides is 1. The van der Waals surface area contributed by atoms with Crippen LogP contribution in [0.25, 0.3) is 0 Å². The maximum Gasteiger partial charge on any atom is 0.223 e. The Labute approximate surface area is 94.8 Å². The molecule has 0 aromatic rings. The summed E-state index contributed by atoms with van der Waals surface area (Å²) < 4.78 is 4.82. The van der Waals surface area contributed by atoms with Gasteiger partial charge in [0.1, 0.15) is 5.54 Å². The zero-order valence-corrected chi connectivity index (χ0v) is 9.53. The fraction of sp³-hybridized carbons (Fsp3) is 0.800. The van der Waals surface area contributed by atoms with Gasteiger partial charge in [0.15, 0.2) is 5.84 Å². The second-order valence-electron chi connectivity index (χ2n) is 4.07. The first-order chi connectivity index (χ1) is 7.64. The average molecular weight is 229 g/mol. The minimum atomic E-state index is -0.653. The molecule has 0 unspecified atom stereocenters. The van der Waals surface area contributed by atoms with Gasteiger partial charge < -0.3 is 21.0 Å². The smallest absolute Gasteiger partial charge is 0.223 e. The third-order valence-corrected chi connectivity index (χ3v) is 2.97. The Bertz CT molecular complexity index is 272. The number of carbonyl (C=O) groups is 1. The summed E-state index contributed by atoms with van der Waals surface area (Å²) in [5.41, 5.74) is 4.99. The summed E-state index contributed by atoms with van der Waals surface area (Å²) in [7, 11) is 1.54. The third kappa shape index (κ3) is 2.85. The third-order valence-electron chi connectivity index (χ3n) is 2.97. The maximum atomic E-state index is 11.6. The van der Waals surface area contributed by atoms with Gasteiger partial charge in [0.2, 0.25) is 5.91 Å². The van der Waals surface area contributed by atoms with Crippen molar-refractivity contribution < 1.29 is 14.7 Å². The van der Waals surface area contributed by atoms with Crippen molar-refractivity contribution in [3.63, 3.8) is 0 Å². The highest BCUT2D eigenvalue weighted by atomic mass is 16.5. The van der Waals surface area contributed by atoms with Crippen molar-refractivity contribution in [1.29, 1.82) is 0 Å². The van der Waals surface area contributed by atoms with Gasteiger partial charge in [0, 0.05) is 13.5 Å². The predicted octanol–water partition coefficient (Wildman–Crippen LogP) is 0.198. The Hall–Kier alpha value is -1.30. The van der Waals surface area contributed by atoms with E-state index in [4.69, 9.17) is 15.7 Å². The SMILES string of the molecule is COCCC(=O)NC1(C(N)=NO)CCCC1. The van der Waals surface area contributed by atoms with Crippen molar-refractivity contribution in [2.45, 2.75) is 37.6 Å². The first kappa shape index (κ1) is 12.8. The molecule has 0 aromatic heterocycles. The summed E-state index contributed by atoms with van der Waals surface area (Å²) in [4.78, 5) is 11.6. The highest BCUT2D eigenvalue weighted by molar-refractivity contribution is 5.94. The molecule has 16 heavy (non-hydrogen) atoms. The van der Waals surface area contributed by atoms with Crippen LogP contribution in [0.15, 0.2) is 5.16 Å². The van der Waals surface area contributed by atoms with Crippen LogP contribution in [-0.2, 0) is 9.53 Å². The molecule has 0 atom stereocenters. The standard InChI is InChI=1S/C10H19N3O3/c1-16-7-4-8(14)12-10(9(11)13-15)5-2-3-6-10/h15H,2-7H2,1H3,(H2,11,13)(H,12,14). The average Bonchev–Trinajstić information content (AvgIpc) is 2.75. The number of hydrogen-bond acceptors (Lipinski definition) is 4. The van der Waals surface area contributed by atoms with Crippen molar-refractivity contribution in [2.75, 3.05) is 13.7 Å². The first-order valence-corrected chi connectivity index (χ1v) is 5.42. The predicted molar refractivity (Wildman–Crippen MR) is 59.2 cm³/mol. The summed E-state index contributed by atoms with van der Waals surface area (Å²) in [5, 5.41) is 14.6. The lowest BCUT2D eigenvalue weighted by Gasteiger charge is -2.28. The van der Waals surface area contributed by atoms with E-state index < -0.39 is 5.54 Å². The van der Waals surface area contributed by atoms with Crippen LogP contribution in [0.3, 0.4) is 0 Å². The molecule has 6 heteroatoms. The van der Waals surface area contributed by atoms with Crippen LogP contribution in [0, 0.1) is 0 Å². The molecule has 1 saturated carbocycles. The molecule has 1 fully saturated rings. The van der Waals surface area contributed by atoms with Crippen LogP contribution in [0.1, 0.15) is 32.1 Å². The number of nitrogens with zero attached hydrogens (tertiary/aromatic N) is 1. The largest absolute Gasteiger partial charge is 0.409 e. The van der Waals surface area contributed by atoms with E-state index in [0.29, 0.717) is 6.61 Å². The number of methoxy groups -OCH3 is 1. The lowest BCUT2D eigenvalue weighted by atomic mass is 9.96. The molecule has 0 bridgehead atoms. The van der Waals surface area contributed by atoms with Gasteiger partial charge in [-0.1, -0.05) is 18.0 Å². The monoisotopic (exact) mass is 229 g/mol. The Kier molecular flexibility index (Phi) is 4.54. The molecule has 0 saturated heterocycles. The van der Waals surface area contributed by atoms with E-state index in [9.17, 15) is 4.79 Å². The Morgan fingerprint density at radius 2 is 2.19 bits per heavy atom. The second kappa shape index (κ2) is 5.69. The fourth-order valence-electron chi connectivity index (χ4n) is 2.04. The zero-order valence-electron chi connectivity index (χ0n) is 9.53. The number of carbonyl (C=O) groups excluding carboxylic acids is 1. The maximum absolute atomic E-state index is 11.6. The molecular weight excluding hydrogens is 210 g/mol. The van der Waals surface area contributed by atoms with Gasteiger partial charge in [-0.25, -0.2) is 0 Å². The fourth-order valence-corrected chi connectivity index (χ4v) is 2.04. The van der Waals surface area contributed by atoms with Crippen molar-refractivity contribution in [1.82, 2.24) is 5.32 Å². The molecule has 1 rings (SSSR count). The number of rotatable bonds is 5. The first-order valence-electron chi connectivity index (χ1n) is 5.42. The van der Waals surface area contributed by atoms with E-state index in [0.717, 1.165) is 25.7 Å². The highest BCUT2D eigenvalue weighted by Crippen LogP contribution is 2.29. The van der Waals surface area contributed by atoms with E-state index in [1.807, 2.05) is 0 Å². The molecular formula is C10H19N3O3. The van der Waals surface area contributed by atoms with E-state index >= 15 is 0 Å².